The number of ether oxygens (including phenoxy) is 2. The predicted molar refractivity (Wildman–Crippen MR) is 165 cm³/mol. The Balaban J connectivity index is 1.15. The number of thioether (sulfide) groups is 1. The number of amides is 1. The Morgan fingerprint density at radius 2 is 1.67 bits per heavy atom. The van der Waals surface area contributed by atoms with E-state index in [4.69, 9.17) is 9.47 Å². The van der Waals surface area contributed by atoms with Crippen LogP contribution in [0.2, 0.25) is 0 Å². The summed E-state index contributed by atoms with van der Waals surface area (Å²) in [5.74, 6) is 0.504. The third kappa shape index (κ3) is 6.92. The number of carbonyl (C=O) groups is 1. The molecule has 0 aliphatic carbocycles. The quantitative estimate of drug-likeness (QED) is 0.199. The number of benzene rings is 3. The van der Waals surface area contributed by atoms with Crippen LogP contribution in [0.3, 0.4) is 0 Å². The number of hydrogen-bond acceptors (Lipinski definition) is 10. The first kappa shape index (κ1) is 29.3. The van der Waals surface area contributed by atoms with E-state index < -0.39 is 6.29 Å². The fraction of sp³-hybridized carbons (Fsp3) is 0.281. The molecule has 0 radical (unpaired) electrons. The third-order valence-electron chi connectivity index (χ3n) is 7.39. The molecule has 9 nitrogen and oxygen atoms in total. The highest BCUT2D eigenvalue weighted by Gasteiger charge is 2.38. The number of rotatable bonds is 9. The zero-order chi connectivity index (χ0) is 29.8. The van der Waals surface area contributed by atoms with Crippen molar-refractivity contribution < 1.29 is 19.4 Å². The van der Waals surface area contributed by atoms with Crippen molar-refractivity contribution in [2.75, 3.05) is 5.75 Å². The van der Waals surface area contributed by atoms with Crippen molar-refractivity contribution in [1.82, 2.24) is 25.5 Å². The van der Waals surface area contributed by atoms with Gasteiger partial charge in [0.05, 0.1) is 36.0 Å². The highest BCUT2D eigenvalue weighted by atomic mass is 32.2. The smallest absolute Gasteiger partial charge is 0.271 e. The summed E-state index contributed by atoms with van der Waals surface area (Å²) in [6.45, 7) is 4.43. The van der Waals surface area contributed by atoms with Crippen LogP contribution in [0.25, 0.3) is 11.0 Å². The van der Waals surface area contributed by atoms with Gasteiger partial charge in [0.25, 0.3) is 5.91 Å². The van der Waals surface area contributed by atoms with Gasteiger partial charge in [0.1, 0.15) is 10.7 Å². The fourth-order valence-electron chi connectivity index (χ4n) is 4.93. The van der Waals surface area contributed by atoms with E-state index in [-0.39, 0.29) is 36.3 Å². The molecule has 11 heteroatoms. The first-order valence-corrected chi connectivity index (χ1v) is 15.8. The van der Waals surface area contributed by atoms with Gasteiger partial charge in [-0.2, -0.15) is 0 Å². The molecular weight excluding hydrogens is 583 g/mol. The van der Waals surface area contributed by atoms with Gasteiger partial charge in [-0.15, -0.1) is 10.2 Å². The van der Waals surface area contributed by atoms with Gasteiger partial charge in [0.15, 0.2) is 10.6 Å². The van der Waals surface area contributed by atoms with E-state index in [1.54, 1.807) is 23.1 Å². The van der Waals surface area contributed by atoms with Crippen LogP contribution in [0, 0.1) is 12.8 Å². The van der Waals surface area contributed by atoms with Crippen LogP contribution in [0.5, 0.6) is 0 Å². The van der Waals surface area contributed by atoms with E-state index in [2.05, 4.69) is 32.4 Å². The van der Waals surface area contributed by atoms with Crippen LogP contribution in [0.15, 0.2) is 83.3 Å². The molecule has 0 bridgehead atoms. The normalized spacial score (nSPS) is 20.3. The number of aliphatic hydroxyl groups excluding tert-OH is 1. The average molecular weight is 614 g/mol. The van der Waals surface area contributed by atoms with Gasteiger partial charge in [-0.05, 0) is 35.7 Å². The molecule has 0 unspecified atom stereocenters. The van der Waals surface area contributed by atoms with Crippen molar-refractivity contribution in [3.63, 3.8) is 0 Å². The Morgan fingerprint density at radius 3 is 2.40 bits per heavy atom. The molecule has 6 rings (SSSR count). The summed E-state index contributed by atoms with van der Waals surface area (Å²) in [7, 11) is 0. The summed E-state index contributed by atoms with van der Waals surface area (Å²) in [4.78, 5) is 21.5. The summed E-state index contributed by atoms with van der Waals surface area (Å²) in [5, 5.41) is 21.7. The lowest BCUT2D eigenvalue weighted by Gasteiger charge is -2.41. The number of aliphatic hydroxyl groups is 1. The molecular formula is C32H31N5O4S2. The molecule has 0 saturated carbocycles. The molecule has 5 aromatic rings. The summed E-state index contributed by atoms with van der Waals surface area (Å²) in [6, 6.07) is 23.2. The van der Waals surface area contributed by atoms with Gasteiger partial charge in [-0.1, -0.05) is 90.7 Å². The SMILES string of the molecule is Cc1nnc(SC[C@H]2O[C@@H](c3ccc(CNC(=O)c4cnc5ccccc5n4)cc3)O[C@@H](c3ccc(CO)cc3)[C@H]2C)s1. The lowest BCUT2D eigenvalue weighted by molar-refractivity contribution is -0.268. The van der Waals surface area contributed by atoms with Gasteiger partial charge in [-0.3, -0.25) is 9.78 Å². The lowest BCUT2D eigenvalue weighted by Crippen LogP contribution is -2.38. The molecule has 43 heavy (non-hydrogen) atoms. The van der Waals surface area contributed by atoms with Crippen LogP contribution >= 0.6 is 23.1 Å². The van der Waals surface area contributed by atoms with Crippen molar-refractivity contribution in [2.45, 2.75) is 49.8 Å². The van der Waals surface area contributed by atoms with E-state index in [9.17, 15) is 9.90 Å². The van der Waals surface area contributed by atoms with E-state index >= 15 is 0 Å². The van der Waals surface area contributed by atoms with Crippen molar-refractivity contribution in [2.24, 2.45) is 5.92 Å². The first-order chi connectivity index (χ1) is 21.0. The molecule has 2 aromatic heterocycles. The van der Waals surface area contributed by atoms with E-state index in [0.717, 1.165) is 37.1 Å². The zero-order valence-electron chi connectivity index (χ0n) is 23.7. The second-order valence-electron chi connectivity index (χ2n) is 10.4. The second-order valence-corrected chi connectivity index (χ2v) is 12.8. The van der Waals surface area contributed by atoms with Gasteiger partial charge < -0.3 is 19.9 Å². The Bertz CT molecular complexity index is 1700. The van der Waals surface area contributed by atoms with Crippen LogP contribution in [-0.2, 0) is 22.6 Å². The van der Waals surface area contributed by atoms with Crippen LogP contribution in [-0.4, -0.2) is 43.0 Å². The molecule has 4 atom stereocenters. The standard InChI is InChI=1S/C32H31N5O4S2/c1-19-28(18-42-32-37-36-20(2)43-32)40-31(41-29(19)23-11-9-22(17-38)10-12-23)24-13-7-21(8-14-24)15-34-30(39)27-16-33-25-5-3-4-6-26(25)35-27/h3-14,16,19,28-29,31,38H,15,17-18H2,1-2H3,(H,34,39)/t19-,28+,29+,31+/m0/s1. The monoisotopic (exact) mass is 613 g/mol. The molecule has 1 aliphatic heterocycles. The minimum atomic E-state index is -0.572. The maximum absolute atomic E-state index is 12.7. The van der Waals surface area contributed by atoms with Gasteiger partial charge in [0, 0.05) is 23.8 Å². The third-order valence-corrected chi connectivity index (χ3v) is 9.45. The topological polar surface area (TPSA) is 119 Å². The van der Waals surface area contributed by atoms with E-state index in [0.29, 0.717) is 17.8 Å². The molecule has 1 amide bonds. The number of aryl methyl sites for hydroxylation is 1. The molecule has 3 aromatic carbocycles. The van der Waals surface area contributed by atoms with E-state index in [1.807, 2.05) is 79.7 Å². The maximum Gasteiger partial charge on any atom is 0.271 e. The number of fused-ring (bicyclic) bond motifs is 1. The molecule has 3 heterocycles. The fourth-order valence-corrected chi connectivity index (χ4v) is 6.94. The Labute approximate surface area is 257 Å². The van der Waals surface area contributed by atoms with Gasteiger partial charge in [-0.25, -0.2) is 4.98 Å². The Morgan fingerprint density at radius 1 is 0.953 bits per heavy atom. The van der Waals surface area contributed by atoms with Crippen LogP contribution < -0.4 is 5.32 Å². The van der Waals surface area contributed by atoms with Gasteiger partial charge in [0.2, 0.25) is 0 Å². The van der Waals surface area contributed by atoms with Crippen LogP contribution in [0.4, 0.5) is 0 Å². The maximum atomic E-state index is 12.7. The number of nitrogens with zero attached hydrogens (tertiary/aromatic N) is 4. The number of nitrogens with one attached hydrogen (secondary N) is 1. The number of aromatic nitrogens is 4. The molecule has 2 N–H and O–H groups in total. The largest absolute Gasteiger partial charge is 0.392 e. The molecule has 1 aliphatic rings. The minimum absolute atomic E-state index is 0.00388. The highest BCUT2D eigenvalue weighted by molar-refractivity contribution is 8.01. The van der Waals surface area contributed by atoms with Crippen molar-refractivity contribution >= 4 is 40.0 Å². The first-order valence-electron chi connectivity index (χ1n) is 14.0. The molecule has 220 valence electrons. The Kier molecular flexibility index (Phi) is 9.06. The van der Waals surface area contributed by atoms with E-state index in [1.165, 1.54) is 6.20 Å². The average Bonchev–Trinajstić information content (AvgIpc) is 3.48. The summed E-state index contributed by atoms with van der Waals surface area (Å²) in [5.41, 5.74) is 5.42. The zero-order valence-corrected chi connectivity index (χ0v) is 25.3. The van der Waals surface area contributed by atoms with Crippen LogP contribution in [0.1, 0.15) is 57.1 Å². The lowest BCUT2D eigenvalue weighted by atomic mass is 9.91. The summed E-state index contributed by atoms with van der Waals surface area (Å²) >= 11 is 3.22. The van der Waals surface area contributed by atoms with Crippen molar-refractivity contribution in [3.05, 3.63) is 112 Å². The molecule has 1 fully saturated rings. The number of hydrogen-bond donors (Lipinski definition) is 2. The predicted octanol–water partition coefficient (Wildman–Crippen LogP) is 5.80. The molecule has 1 saturated heterocycles. The number of para-hydroxylation sites is 2. The van der Waals surface area contributed by atoms with Crippen molar-refractivity contribution in [1.29, 1.82) is 0 Å². The summed E-state index contributed by atoms with van der Waals surface area (Å²) in [6.07, 6.45) is 0.624. The number of carbonyl (C=O) groups excluding carboxylic acids is 1. The minimum Gasteiger partial charge on any atom is -0.392 e. The molecule has 0 spiro atoms. The van der Waals surface area contributed by atoms with Crippen molar-refractivity contribution in [3.8, 4) is 0 Å². The second kappa shape index (κ2) is 13.3. The highest BCUT2D eigenvalue weighted by Crippen LogP contribution is 2.43. The summed E-state index contributed by atoms with van der Waals surface area (Å²) < 4.78 is 14.0. The van der Waals surface area contributed by atoms with Gasteiger partial charge >= 0.3 is 0 Å². The Hall–Kier alpha value is -3.74.